The lowest BCUT2D eigenvalue weighted by atomic mass is 10.1. The molecule has 0 fully saturated rings. The Morgan fingerprint density at radius 3 is 2.29 bits per heavy atom. The first-order valence-electron chi connectivity index (χ1n) is 11.6. The van der Waals surface area contributed by atoms with Crippen LogP contribution < -0.4 is 9.47 Å². The Balaban J connectivity index is 1.90. The summed E-state index contributed by atoms with van der Waals surface area (Å²) in [6.07, 6.45) is -0.812. The third kappa shape index (κ3) is 11.2. The highest BCUT2D eigenvalue weighted by molar-refractivity contribution is 5.72. The second kappa shape index (κ2) is 14.3. The fraction of sp³-hybridized carbons (Fsp3) is 0.462. The quantitative estimate of drug-likeness (QED) is 0.333. The molecule has 9 heteroatoms. The summed E-state index contributed by atoms with van der Waals surface area (Å²) >= 11 is 0. The lowest BCUT2D eigenvalue weighted by Crippen LogP contribution is -2.37. The third-order valence-electron chi connectivity index (χ3n) is 5.12. The van der Waals surface area contributed by atoms with E-state index in [0.29, 0.717) is 24.5 Å². The van der Waals surface area contributed by atoms with Crippen molar-refractivity contribution in [2.24, 2.45) is 0 Å². The van der Waals surface area contributed by atoms with Crippen molar-refractivity contribution in [3.63, 3.8) is 0 Å². The Morgan fingerprint density at radius 2 is 1.69 bits per heavy atom. The maximum absolute atomic E-state index is 13.1. The highest BCUT2D eigenvalue weighted by Gasteiger charge is 2.21. The second-order valence-corrected chi connectivity index (χ2v) is 8.17. The number of aliphatic carboxylic acids is 1. The molecule has 0 aliphatic carbocycles. The zero-order chi connectivity index (χ0) is 25.7. The van der Waals surface area contributed by atoms with E-state index in [9.17, 15) is 23.5 Å². The number of ether oxygens (including phenoxy) is 3. The van der Waals surface area contributed by atoms with E-state index in [2.05, 4.69) is 0 Å². The number of carbonyl (C=O) groups excluding carboxylic acids is 1. The molecule has 192 valence electrons. The van der Waals surface area contributed by atoms with Crippen LogP contribution >= 0.6 is 0 Å². The van der Waals surface area contributed by atoms with E-state index in [0.717, 1.165) is 12.5 Å². The largest absolute Gasteiger partial charge is 0.492 e. The number of amides is 1. The van der Waals surface area contributed by atoms with Crippen molar-refractivity contribution in [1.29, 1.82) is 0 Å². The molecule has 1 N–H and O–H groups in total. The zero-order valence-electron chi connectivity index (χ0n) is 20.1. The van der Waals surface area contributed by atoms with Gasteiger partial charge >= 0.3 is 12.1 Å². The van der Waals surface area contributed by atoms with E-state index >= 15 is 0 Å². The van der Waals surface area contributed by atoms with Gasteiger partial charge in [0.05, 0.1) is 6.54 Å². The number of hydrogen-bond donors (Lipinski definition) is 1. The minimum atomic E-state index is -2.74. The van der Waals surface area contributed by atoms with Crippen LogP contribution in [0.3, 0.4) is 0 Å². The molecule has 7 nitrogen and oxygen atoms in total. The number of carboxylic acids is 1. The van der Waals surface area contributed by atoms with Crippen molar-refractivity contribution in [3.8, 4) is 11.5 Å². The number of nitrogens with zero attached hydrogens (tertiary/aromatic N) is 1. The monoisotopic (exact) mass is 493 g/mol. The van der Waals surface area contributed by atoms with Gasteiger partial charge in [0.15, 0.2) is 6.10 Å². The number of hydrogen-bond acceptors (Lipinski definition) is 5. The number of carboxylic acid groups (broad SMARTS) is 1. The predicted octanol–water partition coefficient (Wildman–Crippen LogP) is 5.42. The highest BCUT2D eigenvalue weighted by atomic mass is 19.3. The van der Waals surface area contributed by atoms with Crippen molar-refractivity contribution in [2.45, 2.75) is 51.6 Å². The van der Waals surface area contributed by atoms with Crippen LogP contribution in [0.25, 0.3) is 0 Å². The lowest BCUT2D eigenvalue weighted by Gasteiger charge is -2.22. The standard InChI is InChI=1S/C26H33F2NO6/c1-3-33-23(24(30)31)19-20-11-13-21(14-12-20)34-18-17-29(16-8-7-15-26(2,27)28)25(32)35-22-9-5-4-6-10-22/h4-6,9-14,23H,3,7-8,15-19H2,1-2H3,(H,30,31). The fourth-order valence-corrected chi connectivity index (χ4v) is 3.31. The van der Waals surface area contributed by atoms with Gasteiger partial charge in [-0.25, -0.2) is 18.4 Å². The van der Waals surface area contributed by atoms with E-state index in [1.54, 1.807) is 61.5 Å². The van der Waals surface area contributed by atoms with Crippen LogP contribution in [0.15, 0.2) is 54.6 Å². The molecule has 0 saturated heterocycles. The van der Waals surface area contributed by atoms with Crippen molar-refractivity contribution in [2.75, 3.05) is 26.3 Å². The van der Waals surface area contributed by atoms with Gasteiger partial charge in [0, 0.05) is 26.0 Å². The summed E-state index contributed by atoms with van der Waals surface area (Å²) < 4.78 is 42.6. The normalized spacial score (nSPS) is 12.1. The molecule has 0 aromatic heterocycles. The molecule has 0 heterocycles. The van der Waals surface area contributed by atoms with E-state index in [4.69, 9.17) is 14.2 Å². The van der Waals surface area contributed by atoms with E-state index < -0.39 is 24.1 Å². The molecule has 0 aliphatic heterocycles. The van der Waals surface area contributed by atoms with Crippen molar-refractivity contribution in [3.05, 3.63) is 60.2 Å². The van der Waals surface area contributed by atoms with Gasteiger partial charge in [-0.15, -0.1) is 0 Å². The van der Waals surface area contributed by atoms with Gasteiger partial charge in [0.25, 0.3) is 0 Å². The molecule has 0 saturated carbocycles. The molecule has 1 amide bonds. The highest BCUT2D eigenvalue weighted by Crippen LogP contribution is 2.20. The van der Waals surface area contributed by atoms with Crippen LogP contribution in [-0.2, 0) is 16.0 Å². The number of rotatable bonds is 15. The molecular weight excluding hydrogens is 460 g/mol. The summed E-state index contributed by atoms with van der Waals surface area (Å²) in [6, 6.07) is 15.6. The predicted molar refractivity (Wildman–Crippen MR) is 127 cm³/mol. The average Bonchev–Trinajstić information content (AvgIpc) is 2.81. The topological polar surface area (TPSA) is 85.3 Å². The first-order chi connectivity index (χ1) is 16.7. The average molecular weight is 494 g/mol. The van der Waals surface area contributed by atoms with Crippen molar-refractivity contribution in [1.82, 2.24) is 4.90 Å². The van der Waals surface area contributed by atoms with Crippen LogP contribution in [0.4, 0.5) is 13.6 Å². The number of unbranched alkanes of at least 4 members (excludes halogenated alkanes) is 1. The molecule has 2 aromatic carbocycles. The van der Waals surface area contributed by atoms with Gasteiger partial charge < -0.3 is 24.2 Å². The smallest absolute Gasteiger partial charge is 0.415 e. The van der Waals surface area contributed by atoms with Gasteiger partial charge in [-0.3, -0.25) is 0 Å². The molecular formula is C26H33F2NO6. The van der Waals surface area contributed by atoms with Gasteiger partial charge in [-0.05, 0) is 56.5 Å². The third-order valence-corrected chi connectivity index (χ3v) is 5.12. The molecule has 1 unspecified atom stereocenters. The number of carbonyl (C=O) groups is 2. The summed E-state index contributed by atoms with van der Waals surface area (Å²) in [5.74, 6) is -2.81. The van der Waals surface area contributed by atoms with E-state index in [-0.39, 0.29) is 39.0 Å². The molecule has 0 bridgehead atoms. The van der Waals surface area contributed by atoms with Crippen LogP contribution in [0.1, 0.15) is 38.7 Å². The Kier molecular flexibility index (Phi) is 11.4. The van der Waals surface area contributed by atoms with E-state index in [1.165, 1.54) is 4.90 Å². The maximum atomic E-state index is 13.1. The maximum Gasteiger partial charge on any atom is 0.415 e. The van der Waals surface area contributed by atoms with Crippen LogP contribution in [0.5, 0.6) is 11.5 Å². The SMILES string of the molecule is CCOC(Cc1ccc(OCCN(CCCCC(C)(F)F)C(=O)Oc2ccccc2)cc1)C(=O)O. The minimum Gasteiger partial charge on any atom is -0.492 e. The molecule has 0 radical (unpaired) electrons. The van der Waals surface area contributed by atoms with Crippen LogP contribution in [-0.4, -0.2) is 60.4 Å². The van der Waals surface area contributed by atoms with Gasteiger partial charge in [-0.2, -0.15) is 0 Å². The molecule has 1 atom stereocenters. The fourth-order valence-electron chi connectivity index (χ4n) is 3.31. The lowest BCUT2D eigenvalue weighted by molar-refractivity contribution is -0.149. The zero-order valence-corrected chi connectivity index (χ0v) is 20.1. The van der Waals surface area contributed by atoms with Crippen molar-refractivity contribution < 1.29 is 37.7 Å². The summed E-state index contributed by atoms with van der Waals surface area (Å²) in [7, 11) is 0. The minimum absolute atomic E-state index is 0.171. The molecule has 0 spiro atoms. The molecule has 2 aromatic rings. The summed E-state index contributed by atoms with van der Waals surface area (Å²) in [5, 5.41) is 9.21. The first-order valence-corrected chi connectivity index (χ1v) is 11.6. The van der Waals surface area contributed by atoms with Crippen LogP contribution in [0, 0.1) is 0 Å². The van der Waals surface area contributed by atoms with Gasteiger partial charge in [-0.1, -0.05) is 30.3 Å². The van der Waals surface area contributed by atoms with Crippen LogP contribution in [0.2, 0.25) is 0 Å². The Labute approximate surface area is 204 Å². The number of para-hydroxylation sites is 1. The number of halogens is 2. The number of alkyl halides is 2. The molecule has 35 heavy (non-hydrogen) atoms. The first kappa shape index (κ1) is 28.0. The van der Waals surface area contributed by atoms with E-state index in [1.807, 2.05) is 0 Å². The summed E-state index contributed by atoms with van der Waals surface area (Å²) in [5.41, 5.74) is 0.791. The second-order valence-electron chi connectivity index (χ2n) is 8.17. The summed E-state index contributed by atoms with van der Waals surface area (Å²) in [6.45, 7) is 3.57. The Hall–Kier alpha value is -3.20. The number of benzene rings is 2. The Bertz CT molecular complexity index is 902. The summed E-state index contributed by atoms with van der Waals surface area (Å²) in [4.78, 5) is 25.3. The van der Waals surface area contributed by atoms with Gasteiger partial charge in [0.1, 0.15) is 18.1 Å². The Morgan fingerprint density at radius 1 is 1.00 bits per heavy atom. The van der Waals surface area contributed by atoms with Gasteiger partial charge in [0.2, 0.25) is 5.92 Å². The van der Waals surface area contributed by atoms with Crippen molar-refractivity contribution >= 4 is 12.1 Å². The molecule has 2 rings (SSSR count). The molecule has 0 aliphatic rings.